The van der Waals surface area contributed by atoms with Gasteiger partial charge < -0.3 is 15.1 Å². The van der Waals surface area contributed by atoms with Crippen molar-refractivity contribution in [3.05, 3.63) is 15.6 Å². The molecular weight excluding hydrogens is 256 g/mol. The van der Waals surface area contributed by atoms with Crippen molar-refractivity contribution >= 4 is 11.3 Å². The summed E-state index contributed by atoms with van der Waals surface area (Å²) in [5.41, 5.74) is 1.19. The number of thiazole rings is 1. The first-order chi connectivity index (χ1) is 9.01. The second-order valence-electron chi connectivity index (χ2n) is 5.67. The van der Waals surface area contributed by atoms with E-state index in [-0.39, 0.29) is 0 Å². The van der Waals surface area contributed by atoms with Gasteiger partial charge >= 0.3 is 0 Å². The van der Waals surface area contributed by atoms with Crippen LogP contribution < -0.4 is 5.32 Å². The summed E-state index contributed by atoms with van der Waals surface area (Å²) in [6, 6.07) is 1.00. The van der Waals surface area contributed by atoms with Crippen LogP contribution >= 0.6 is 11.3 Å². The number of nitrogens with one attached hydrogen (secondary N) is 1. The second-order valence-corrected chi connectivity index (χ2v) is 6.78. The fourth-order valence-corrected chi connectivity index (χ4v) is 3.81. The van der Waals surface area contributed by atoms with Gasteiger partial charge in [-0.25, -0.2) is 4.98 Å². The smallest absolute Gasteiger partial charge is 0.0947 e. The van der Waals surface area contributed by atoms with Crippen LogP contribution in [0.4, 0.5) is 0 Å². The lowest BCUT2D eigenvalue weighted by molar-refractivity contribution is 0.114. The molecule has 0 amide bonds. The maximum Gasteiger partial charge on any atom is 0.0947 e. The summed E-state index contributed by atoms with van der Waals surface area (Å²) in [5.74, 6) is 0. The molecule has 0 saturated carbocycles. The molecule has 2 rings (SSSR count). The topological polar surface area (TPSA) is 31.4 Å². The molecule has 2 heterocycles. The number of aryl methyl sites for hydroxylation is 1. The van der Waals surface area contributed by atoms with Gasteiger partial charge in [0.2, 0.25) is 0 Å². The SMILES string of the molecule is CNC(C)c1sc(CC2CN(C)CCN2C)nc1C. The minimum absolute atomic E-state index is 0.401. The Morgan fingerprint density at radius 1 is 1.42 bits per heavy atom. The molecule has 108 valence electrons. The highest BCUT2D eigenvalue weighted by molar-refractivity contribution is 7.11. The lowest BCUT2D eigenvalue weighted by atomic mass is 10.1. The van der Waals surface area contributed by atoms with E-state index in [0.29, 0.717) is 12.1 Å². The number of likely N-dealkylation sites (N-methyl/N-ethyl adjacent to an activating group) is 2. The lowest BCUT2D eigenvalue weighted by Crippen LogP contribution is -2.50. The summed E-state index contributed by atoms with van der Waals surface area (Å²) >= 11 is 1.87. The molecule has 0 radical (unpaired) electrons. The Labute approximate surface area is 120 Å². The molecule has 2 atom stereocenters. The zero-order valence-corrected chi connectivity index (χ0v) is 13.5. The van der Waals surface area contributed by atoms with Gasteiger partial charge in [0.05, 0.1) is 10.7 Å². The Morgan fingerprint density at radius 2 is 2.16 bits per heavy atom. The standard InChI is InChI=1S/C14H26N4S/c1-10(15-3)14-11(2)16-13(19-14)8-12-9-17(4)6-7-18(12)5/h10,12,15H,6-9H2,1-5H3. The monoisotopic (exact) mass is 282 g/mol. The third-order valence-electron chi connectivity index (χ3n) is 4.09. The van der Waals surface area contributed by atoms with E-state index in [4.69, 9.17) is 4.98 Å². The largest absolute Gasteiger partial charge is 0.312 e. The van der Waals surface area contributed by atoms with Gasteiger partial charge in [-0.15, -0.1) is 11.3 Å². The van der Waals surface area contributed by atoms with Gasteiger partial charge in [0.1, 0.15) is 0 Å². The van der Waals surface area contributed by atoms with E-state index in [1.54, 1.807) is 0 Å². The highest BCUT2D eigenvalue weighted by atomic mass is 32.1. The number of aromatic nitrogens is 1. The van der Waals surface area contributed by atoms with Crippen LogP contribution in [-0.2, 0) is 6.42 Å². The number of piperazine rings is 1. The normalized spacial score (nSPS) is 23.7. The zero-order chi connectivity index (χ0) is 14.0. The molecule has 19 heavy (non-hydrogen) atoms. The molecule has 1 aromatic rings. The maximum absolute atomic E-state index is 4.77. The highest BCUT2D eigenvalue weighted by Gasteiger charge is 2.24. The molecule has 0 aromatic carbocycles. The molecule has 5 heteroatoms. The van der Waals surface area contributed by atoms with Crippen molar-refractivity contribution in [2.24, 2.45) is 0 Å². The molecule has 1 saturated heterocycles. The molecule has 1 aromatic heterocycles. The Morgan fingerprint density at radius 3 is 2.84 bits per heavy atom. The van der Waals surface area contributed by atoms with Crippen molar-refractivity contribution in [2.75, 3.05) is 40.8 Å². The van der Waals surface area contributed by atoms with Gasteiger partial charge in [0.25, 0.3) is 0 Å². The summed E-state index contributed by atoms with van der Waals surface area (Å²) in [5, 5.41) is 4.59. The molecule has 1 N–H and O–H groups in total. The summed E-state index contributed by atoms with van der Waals surface area (Å²) < 4.78 is 0. The Kier molecular flexibility index (Phi) is 4.95. The van der Waals surface area contributed by atoms with Gasteiger partial charge in [-0.2, -0.15) is 0 Å². The average molecular weight is 282 g/mol. The van der Waals surface area contributed by atoms with E-state index in [2.05, 4.69) is 43.1 Å². The van der Waals surface area contributed by atoms with Gasteiger partial charge in [-0.3, -0.25) is 0 Å². The fourth-order valence-electron chi connectivity index (χ4n) is 2.61. The van der Waals surface area contributed by atoms with Crippen molar-refractivity contribution in [1.29, 1.82) is 0 Å². The summed E-state index contributed by atoms with van der Waals surface area (Å²) in [6.45, 7) is 7.80. The van der Waals surface area contributed by atoms with Crippen molar-refractivity contribution in [3.8, 4) is 0 Å². The Balaban J connectivity index is 2.06. The first-order valence-corrected chi connectivity index (χ1v) is 7.85. The summed E-state index contributed by atoms with van der Waals surface area (Å²) in [6.07, 6.45) is 1.07. The van der Waals surface area contributed by atoms with E-state index < -0.39 is 0 Å². The van der Waals surface area contributed by atoms with Crippen LogP contribution in [0.15, 0.2) is 0 Å². The minimum Gasteiger partial charge on any atom is -0.312 e. The number of hydrogen-bond donors (Lipinski definition) is 1. The van der Waals surface area contributed by atoms with E-state index in [9.17, 15) is 0 Å². The Hall–Kier alpha value is -0.490. The molecular formula is C14H26N4S. The summed E-state index contributed by atoms with van der Waals surface area (Å²) in [4.78, 5) is 11.0. The fraction of sp³-hybridized carbons (Fsp3) is 0.786. The van der Waals surface area contributed by atoms with E-state index in [0.717, 1.165) is 19.5 Å². The quantitative estimate of drug-likeness (QED) is 0.907. The average Bonchev–Trinajstić information content (AvgIpc) is 2.74. The van der Waals surface area contributed by atoms with E-state index in [1.807, 2.05) is 18.4 Å². The molecule has 0 spiro atoms. The van der Waals surface area contributed by atoms with E-state index in [1.165, 1.54) is 22.1 Å². The van der Waals surface area contributed by atoms with Gasteiger partial charge in [-0.05, 0) is 35.0 Å². The van der Waals surface area contributed by atoms with Gasteiger partial charge in [-0.1, -0.05) is 0 Å². The van der Waals surface area contributed by atoms with Crippen molar-refractivity contribution in [3.63, 3.8) is 0 Å². The highest BCUT2D eigenvalue weighted by Crippen LogP contribution is 2.26. The minimum atomic E-state index is 0.401. The molecule has 0 bridgehead atoms. The van der Waals surface area contributed by atoms with Crippen LogP contribution in [-0.4, -0.2) is 61.6 Å². The van der Waals surface area contributed by atoms with Gasteiger partial charge in [0.15, 0.2) is 0 Å². The summed E-state index contributed by atoms with van der Waals surface area (Å²) in [7, 11) is 6.45. The molecule has 1 fully saturated rings. The van der Waals surface area contributed by atoms with Crippen LogP contribution in [0.3, 0.4) is 0 Å². The number of nitrogens with zero attached hydrogens (tertiary/aromatic N) is 3. The molecule has 1 aliphatic heterocycles. The molecule has 1 aliphatic rings. The predicted molar refractivity (Wildman–Crippen MR) is 81.9 cm³/mol. The van der Waals surface area contributed by atoms with Crippen LogP contribution in [0.1, 0.15) is 28.5 Å². The molecule has 4 nitrogen and oxygen atoms in total. The predicted octanol–water partition coefficient (Wildman–Crippen LogP) is 1.52. The molecule has 0 aliphatic carbocycles. The zero-order valence-electron chi connectivity index (χ0n) is 12.7. The van der Waals surface area contributed by atoms with Crippen LogP contribution in [0.25, 0.3) is 0 Å². The van der Waals surface area contributed by atoms with Crippen LogP contribution in [0.2, 0.25) is 0 Å². The van der Waals surface area contributed by atoms with Crippen molar-refractivity contribution < 1.29 is 0 Å². The molecule has 2 unspecified atom stereocenters. The third-order valence-corrected chi connectivity index (χ3v) is 5.46. The first kappa shape index (κ1) is 14.9. The maximum atomic E-state index is 4.77. The van der Waals surface area contributed by atoms with Crippen LogP contribution in [0.5, 0.6) is 0 Å². The second kappa shape index (κ2) is 6.31. The Bertz CT molecular complexity index is 418. The van der Waals surface area contributed by atoms with Crippen LogP contribution in [0, 0.1) is 6.92 Å². The van der Waals surface area contributed by atoms with Crippen molar-refractivity contribution in [1.82, 2.24) is 20.1 Å². The van der Waals surface area contributed by atoms with Crippen molar-refractivity contribution in [2.45, 2.75) is 32.4 Å². The number of rotatable bonds is 4. The first-order valence-electron chi connectivity index (χ1n) is 7.03. The van der Waals surface area contributed by atoms with E-state index >= 15 is 0 Å². The van der Waals surface area contributed by atoms with Gasteiger partial charge in [0, 0.05) is 43.0 Å². The third kappa shape index (κ3) is 3.54. The lowest BCUT2D eigenvalue weighted by Gasteiger charge is -2.37. The number of hydrogen-bond acceptors (Lipinski definition) is 5.